The first-order valence-electron chi connectivity index (χ1n) is 7.82. The number of azo groups is 1. The summed E-state index contributed by atoms with van der Waals surface area (Å²) in [5.41, 5.74) is 1.40. The van der Waals surface area contributed by atoms with Crippen molar-refractivity contribution in [1.29, 1.82) is 0 Å². The zero-order valence-electron chi connectivity index (χ0n) is 13.6. The van der Waals surface area contributed by atoms with Crippen LogP contribution in [0.25, 0.3) is 10.9 Å². The third-order valence-electron chi connectivity index (χ3n) is 3.64. The monoisotopic (exact) mass is 414 g/mol. The fraction of sp³-hybridized carbons (Fsp3) is 0.111. The molecule has 0 spiro atoms. The number of hydrogen-bond acceptors (Lipinski definition) is 4. The van der Waals surface area contributed by atoms with E-state index in [1.165, 1.54) is 0 Å². The molecule has 7 nitrogen and oxygen atoms in total. The minimum absolute atomic E-state index is 0.00881. The quantitative estimate of drug-likeness (QED) is 0.547. The van der Waals surface area contributed by atoms with Gasteiger partial charge in [-0.15, -0.1) is 10.2 Å². The minimum atomic E-state index is -0.498. The van der Waals surface area contributed by atoms with E-state index >= 15 is 0 Å². The molecule has 0 fully saturated rings. The highest BCUT2D eigenvalue weighted by Gasteiger charge is 2.11. The van der Waals surface area contributed by atoms with Gasteiger partial charge in [-0.05, 0) is 30.3 Å². The average molecular weight is 415 g/mol. The predicted molar refractivity (Wildman–Crippen MR) is 101 cm³/mol. The Morgan fingerprint density at radius 1 is 1.15 bits per heavy atom. The second kappa shape index (κ2) is 7.92. The lowest BCUT2D eigenvalue weighted by atomic mass is 10.2. The molecule has 132 valence electrons. The number of H-pyrrole nitrogens is 1. The van der Waals surface area contributed by atoms with Gasteiger partial charge in [-0.25, -0.2) is 0 Å². The highest BCUT2D eigenvalue weighted by atomic mass is 79.9. The van der Waals surface area contributed by atoms with Gasteiger partial charge < -0.3 is 15.4 Å². The maximum Gasteiger partial charge on any atom is 0.266 e. The number of benzene rings is 2. The van der Waals surface area contributed by atoms with E-state index in [-0.39, 0.29) is 30.4 Å². The van der Waals surface area contributed by atoms with Crippen LogP contribution in [0.5, 0.6) is 5.88 Å². The molecule has 0 bridgehead atoms. The summed E-state index contributed by atoms with van der Waals surface area (Å²) < 4.78 is 0.815. The molecule has 3 rings (SSSR count). The molecule has 0 saturated carbocycles. The molecule has 0 aliphatic heterocycles. The maximum atomic E-state index is 11.9. The van der Waals surface area contributed by atoms with Gasteiger partial charge in [0.05, 0.1) is 5.52 Å². The number of nitrogens with one attached hydrogen (secondary N) is 2. The molecule has 1 aromatic heterocycles. The Morgan fingerprint density at radius 3 is 2.69 bits per heavy atom. The molecule has 3 aromatic rings. The molecule has 2 amide bonds. The lowest BCUT2D eigenvalue weighted by Gasteiger charge is -2.02. The number of hydrogen-bond donors (Lipinski definition) is 3. The third kappa shape index (κ3) is 4.15. The van der Waals surface area contributed by atoms with E-state index in [0.29, 0.717) is 16.5 Å². The molecule has 26 heavy (non-hydrogen) atoms. The van der Waals surface area contributed by atoms with Crippen LogP contribution >= 0.6 is 15.9 Å². The van der Waals surface area contributed by atoms with Gasteiger partial charge in [-0.1, -0.05) is 34.1 Å². The van der Waals surface area contributed by atoms with Gasteiger partial charge in [0, 0.05) is 28.4 Å². The van der Waals surface area contributed by atoms with E-state index in [0.717, 1.165) is 4.47 Å². The van der Waals surface area contributed by atoms with E-state index < -0.39 is 5.91 Å². The van der Waals surface area contributed by atoms with Crippen LogP contribution in [-0.2, 0) is 4.79 Å². The van der Waals surface area contributed by atoms with Crippen molar-refractivity contribution in [1.82, 2.24) is 10.3 Å². The van der Waals surface area contributed by atoms with Crippen molar-refractivity contribution < 1.29 is 14.7 Å². The highest BCUT2D eigenvalue weighted by Crippen LogP contribution is 2.36. The summed E-state index contributed by atoms with van der Waals surface area (Å²) in [5, 5.41) is 20.7. The molecular weight excluding hydrogens is 400 g/mol. The van der Waals surface area contributed by atoms with E-state index in [1.54, 1.807) is 36.4 Å². The molecule has 3 N–H and O–H groups in total. The van der Waals surface area contributed by atoms with Gasteiger partial charge in [0.2, 0.25) is 5.88 Å². The normalized spacial score (nSPS) is 11.1. The van der Waals surface area contributed by atoms with Crippen molar-refractivity contribution in [2.45, 2.75) is 6.42 Å². The molecule has 0 radical (unpaired) electrons. The first kappa shape index (κ1) is 17.8. The Labute approximate surface area is 157 Å². The van der Waals surface area contributed by atoms with Crippen molar-refractivity contribution in [3.63, 3.8) is 0 Å². The summed E-state index contributed by atoms with van der Waals surface area (Å²) in [6.07, 6.45) is 0.00881. The van der Waals surface area contributed by atoms with Crippen LogP contribution in [0.3, 0.4) is 0 Å². The summed E-state index contributed by atoms with van der Waals surface area (Å²) in [6.45, 7) is 0.150. The fourth-order valence-electron chi connectivity index (χ4n) is 2.37. The van der Waals surface area contributed by atoms with Gasteiger partial charge >= 0.3 is 0 Å². The van der Waals surface area contributed by atoms with Gasteiger partial charge in [-0.3, -0.25) is 9.59 Å². The summed E-state index contributed by atoms with van der Waals surface area (Å²) in [7, 11) is 0. The van der Waals surface area contributed by atoms with E-state index in [1.807, 2.05) is 12.1 Å². The van der Waals surface area contributed by atoms with Gasteiger partial charge in [0.15, 0.2) is 5.69 Å². The summed E-state index contributed by atoms with van der Waals surface area (Å²) >= 11 is 3.35. The van der Waals surface area contributed by atoms with Crippen LogP contribution in [0.4, 0.5) is 5.69 Å². The van der Waals surface area contributed by atoms with E-state index in [4.69, 9.17) is 0 Å². The van der Waals surface area contributed by atoms with Crippen LogP contribution in [0, 0.1) is 0 Å². The first-order chi connectivity index (χ1) is 12.5. The predicted octanol–water partition coefficient (Wildman–Crippen LogP) is 4.07. The maximum absolute atomic E-state index is 11.9. The second-order valence-corrected chi connectivity index (χ2v) is 6.39. The lowest BCUT2D eigenvalue weighted by Crippen LogP contribution is -2.25. The van der Waals surface area contributed by atoms with Gasteiger partial charge in [0.25, 0.3) is 11.8 Å². The largest absolute Gasteiger partial charge is 0.493 e. The Hall–Kier alpha value is -3.00. The Morgan fingerprint density at radius 2 is 1.92 bits per heavy atom. The minimum Gasteiger partial charge on any atom is -0.493 e. The molecule has 0 unspecified atom stereocenters. The topological polar surface area (TPSA) is 107 Å². The Balaban J connectivity index is 1.59. The van der Waals surface area contributed by atoms with Crippen molar-refractivity contribution in [3.8, 4) is 5.88 Å². The van der Waals surface area contributed by atoms with Crippen molar-refractivity contribution in [3.05, 3.63) is 58.6 Å². The van der Waals surface area contributed by atoms with Crippen LogP contribution < -0.4 is 5.32 Å². The van der Waals surface area contributed by atoms with Gasteiger partial charge in [0.1, 0.15) is 0 Å². The fourth-order valence-corrected chi connectivity index (χ4v) is 2.73. The highest BCUT2D eigenvalue weighted by molar-refractivity contribution is 9.10. The lowest BCUT2D eigenvalue weighted by molar-refractivity contribution is -0.118. The zero-order chi connectivity index (χ0) is 18.5. The number of halogens is 1. The second-order valence-electron chi connectivity index (χ2n) is 5.48. The summed E-state index contributed by atoms with van der Waals surface area (Å²) in [4.78, 5) is 26.5. The van der Waals surface area contributed by atoms with Gasteiger partial charge in [-0.2, -0.15) is 0 Å². The molecular formula is C18H15BrN4O3. The van der Waals surface area contributed by atoms with Crippen molar-refractivity contribution >= 4 is 44.3 Å². The number of fused-ring (bicyclic) bond motifs is 1. The van der Waals surface area contributed by atoms with Crippen LogP contribution in [0.1, 0.15) is 16.8 Å². The Kier molecular flexibility index (Phi) is 5.43. The van der Waals surface area contributed by atoms with E-state index in [2.05, 4.69) is 36.5 Å². The molecule has 1 heterocycles. The van der Waals surface area contributed by atoms with Crippen LogP contribution in [0.2, 0.25) is 0 Å². The number of aromatic nitrogens is 1. The van der Waals surface area contributed by atoms with E-state index in [9.17, 15) is 14.7 Å². The number of nitrogens with zero attached hydrogens (tertiary/aromatic N) is 2. The number of amides is 2. The smallest absolute Gasteiger partial charge is 0.266 e. The number of carbonyl (C=O) groups is 2. The number of rotatable bonds is 5. The summed E-state index contributed by atoms with van der Waals surface area (Å²) in [6, 6.07) is 14.1. The summed E-state index contributed by atoms with van der Waals surface area (Å²) in [5.74, 6) is -0.913. The van der Waals surface area contributed by atoms with Crippen molar-refractivity contribution in [2.75, 3.05) is 6.54 Å². The SMILES string of the molecule is O=C(CCNC(=O)c1ccccc1)N=Nc1c(O)[nH]c2ccc(Br)cc12. The third-order valence-corrected chi connectivity index (χ3v) is 4.13. The van der Waals surface area contributed by atoms with Crippen molar-refractivity contribution in [2.24, 2.45) is 10.2 Å². The number of aromatic amines is 1. The van der Waals surface area contributed by atoms with Crippen LogP contribution in [0.15, 0.2) is 63.2 Å². The molecule has 8 heteroatoms. The number of carbonyl (C=O) groups excluding carboxylic acids is 2. The Bertz CT molecular complexity index is 983. The molecule has 0 aliphatic carbocycles. The number of aromatic hydroxyl groups is 1. The molecule has 2 aromatic carbocycles. The molecule has 0 saturated heterocycles. The van der Waals surface area contributed by atoms with Crippen LogP contribution in [-0.4, -0.2) is 28.4 Å². The molecule has 0 atom stereocenters. The zero-order valence-corrected chi connectivity index (χ0v) is 15.2. The standard InChI is InChI=1S/C18H15BrN4O3/c19-12-6-7-14-13(10-12)16(18(26)21-14)23-22-15(24)8-9-20-17(25)11-4-2-1-3-5-11/h1-7,10,21,26H,8-9H2,(H,20,25). The average Bonchev–Trinajstić information content (AvgIpc) is 2.95. The first-order valence-corrected chi connectivity index (χ1v) is 8.62. The molecule has 0 aliphatic rings.